The lowest BCUT2D eigenvalue weighted by Gasteiger charge is -2.48. The number of benzene rings is 2. The van der Waals surface area contributed by atoms with Gasteiger partial charge in [0, 0.05) is 17.3 Å². The molecular weight excluding hydrogens is 406 g/mol. The lowest BCUT2D eigenvalue weighted by atomic mass is 9.84. The average molecular weight is 436 g/mol. The number of piperazine rings is 1. The Morgan fingerprint density at radius 1 is 1.09 bits per heavy atom. The van der Waals surface area contributed by atoms with Crippen LogP contribution in [0.1, 0.15) is 48.0 Å². The standard InChI is InChI=1S/C25H29N3O4/c1-16-7-3-4-8-19(16)26-23(29)15-22-24(30)27-20-9-5-6-10-21(20)28(22)25(31)17-11-13-18(32-2)14-12-17/h3-4,7-8,11-14,20-22H,5-6,9-10,15H2,1-2H3,(H,26,29)(H,27,30). The number of amides is 3. The van der Waals surface area contributed by atoms with Gasteiger partial charge in [-0.05, 0) is 55.7 Å². The van der Waals surface area contributed by atoms with Crippen molar-refractivity contribution in [2.45, 2.75) is 57.2 Å². The fourth-order valence-electron chi connectivity index (χ4n) is 4.70. The van der Waals surface area contributed by atoms with Crippen molar-refractivity contribution in [2.24, 2.45) is 0 Å². The van der Waals surface area contributed by atoms with Gasteiger partial charge < -0.3 is 20.3 Å². The molecule has 32 heavy (non-hydrogen) atoms. The van der Waals surface area contributed by atoms with Gasteiger partial charge in [0.1, 0.15) is 11.8 Å². The van der Waals surface area contributed by atoms with Crippen LogP contribution >= 0.6 is 0 Å². The SMILES string of the molecule is COc1ccc(C(=O)N2C(CC(=O)Nc3ccccc3C)C(=O)NC3CCCCC32)cc1. The highest BCUT2D eigenvalue weighted by atomic mass is 16.5. The van der Waals surface area contributed by atoms with Gasteiger partial charge in [-0.3, -0.25) is 14.4 Å². The second-order valence-corrected chi connectivity index (χ2v) is 8.49. The molecule has 0 bridgehead atoms. The molecule has 2 fully saturated rings. The molecule has 1 aliphatic heterocycles. The summed E-state index contributed by atoms with van der Waals surface area (Å²) in [6, 6.07) is 13.3. The van der Waals surface area contributed by atoms with E-state index in [1.807, 2.05) is 31.2 Å². The zero-order chi connectivity index (χ0) is 22.7. The zero-order valence-corrected chi connectivity index (χ0v) is 18.5. The van der Waals surface area contributed by atoms with Crippen LogP contribution in [0.2, 0.25) is 0 Å². The first kappa shape index (κ1) is 21.9. The molecule has 2 aliphatic rings. The Balaban J connectivity index is 1.60. The Hall–Kier alpha value is -3.35. The smallest absolute Gasteiger partial charge is 0.254 e. The van der Waals surface area contributed by atoms with Gasteiger partial charge in [0.15, 0.2) is 0 Å². The molecule has 0 radical (unpaired) electrons. The van der Waals surface area contributed by atoms with Gasteiger partial charge in [0.25, 0.3) is 5.91 Å². The Bertz CT molecular complexity index is 1000. The number of aryl methyl sites for hydroxylation is 1. The molecule has 168 valence electrons. The van der Waals surface area contributed by atoms with Crippen LogP contribution in [-0.4, -0.2) is 47.9 Å². The van der Waals surface area contributed by atoms with E-state index in [9.17, 15) is 14.4 Å². The molecule has 3 atom stereocenters. The maximum atomic E-state index is 13.6. The number of hydrogen-bond acceptors (Lipinski definition) is 4. The van der Waals surface area contributed by atoms with Crippen molar-refractivity contribution in [2.75, 3.05) is 12.4 Å². The first-order valence-electron chi connectivity index (χ1n) is 11.1. The summed E-state index contributed by atoms with van der Waals surface area (Å²) in [5.41, 5.74) is 2.12. The second-order valence-electron chi connectivity index (χ2n) is 8.49. The number of nitrogens with one attached hydrogen (secondary N) is 2. The molecule has 7 nitrogen and oxygen atoms in total. The number of para-hydroxylation sites is 1. The lowest BCUT2D eigenvalue weighted by Crippen LogP contribution is -2.68. The van der Waals surface area contributed by atoms with Crippen molar-refractivity contribution in [3.05, 3.63) is 59.7 Å². The van der Waals surface area contributed by atoms with Gasteiger partial charge in [-0.15, -0.1) is 0 Å². The van der Waals surface area contributed by atoms with Crippen LogP contribution in [0.3, 0.4) is 0 Å². The van der Waals surface area contributed by atoms with Crippen LogP contribution in [0.5, 0.6) is 5.75 Å². The molecule has 2 N–H and O–H groups in total. The summed E-state index contributed by atoms with van der Waals surface area (Å²) in [5, 5.41) is 5.96. The van der Waals surface area contributed by atoms with Crippen molar-refractivity contribution in [1.29, 1.82) is 0 Å². The number of methoxy groups -OCH3 is 1. The molecule has 0 aromatic heterocycles. The average Bonchev–Trinajstić information content (AvgIpc) is 2.80. The number of carbonyl (C=O) groups is 3. The lowest BCUT2D eigenvalue weighted by molar-refractivity contribution is -0.135. The quantitative estimate of drug-likeness (QED) is 0.755. The third kappa shape index (κ3) is 4.47. The van der Waals surface area contributed by atoms with Crippen LogP contribution in [0.15, 0.2) is 48.5 Å². The third-order valence-electron chi connectivity index (χ3n) is 6.42. The van der Waals surface area contributed by atoms with E-state index in [4.69, 9.17) is 4.74 Å². The number of carbonyl (C=O) groups excluding carboxylic acids is 3. The molecule has 3 amide bonds. The summed E-state index contributed by atoms with van der Waals surface area (Å²) < 4.78 is 5.20. The predicted molar refractivity (Wildman–Crippen MR) is 122 cm³/mol. The van der Waals surface area contributed by atoms with Crippen LogP contribution in [0.4, 0.5) is 5.69 Å². The Kier molecular flexibility index (Phi) is 6.44. The summed E-state index contributed by atoms with van der Waals surface area (Å²) in [4.78, 5) is 41.2. The minimum absolute atomic E-state index is 0.0749. The number of fused-ring (bicyclic) bond motifs is 1. The summed E-state index contributed by atoms with van der Waals surface area (Å²) in [6.45, 7) is 1.91. The molecule has 3 unspecified atom stereocenters. The molecule has 4 rings (SSSR count). The minimum atomic E-state index is -0.854. The highest BCUT2D eigenvalue weighted by Gasteiger charge is 2.46. The molecule has 1 aliphatic carbocycles. The monoisotopic (exact) mass is 435 g/mol. The molecule has 1 heterocycles. The Morgan fingerprint density at radius 3 is 2.53 bits per heavy atom. The first-order chi connectivity index (χ1) is 15.5. The van der Waals surface area contributed by atoms with Gasteiger partial charge in [0.2, 0.25) is 11.8 Å². The number of hydrogen-bond donors (Lipinski definition) is 2. The molecule has 0 spiro atoms. The van der Waals surface area contributed by atoms with E-state index in [1.165, 1.54) is 0 Å². The number of rotatable bonds is 5. The van der Waals surface area contributed by atoms with E-state index in [1.54, 1.807) is 36.3 Å². The fraction of sp³-hybridized carbons (Fsp3) is 0.400. The molecule has 1 saturated carbocycles. The third-order valence-corrected chi connectivity index (χ3v) is 6.42. The van der Waals surface area contributed by atoms with Crippen molar-refractivity contribution < 1.29 is 19.1 Å². The van der Waals surface area contributed by atoms with E-state index in [-0.39, 0.29) is 36.2 Å². The van der Waals surface area contributed by atoms with Gasteiger partial charge in [-0.1, -0.05) is 31.0 Å². The number of nitrogens with zero attached hydrogens (tertiary/aromatic N) is 1. The van der Waals surface area contributed by atoms with Crippen LogP contribution < -0.4 is 15.4 Å². The molecule has 1 saturated heterocycles. The number of anilines is 1. The molecule has 7 heteroatoms. The topological polar surface area (TPSA) is 87.7 Å². The highest BCUT2D eigenvalue weighted by molar-refractivity contribution is 6.01. The number of ether oxygens (including phenoxy) is 1. The van der Waals surface area contributed by atoms with Crippen molar-refractivity contribution in [1.82, 2.24) is 10.2 Å². The maximum absolute atomic E-state index is 13.6. The summed E-state index contributed by atoms with van der Waals surface area (Å²) in [6.07, 6.45) is 3.56. The van der Waals surface area contributed by atoms with E-state index in [0.717, 1.165) is 31.2 Å². The van der Waals surface area contributed by atoms with E-state index in [2.05, 4.69) is 10.6 Å². The van der Waals surface area contributed by atoms with Crippen molar-refractivity contribution in [3.8, 4) is 5.75 Å². The predicted octanol–water partition coefficient (Wildman–Crippen LogP) is 3.28. The van der Waals surface area contributed by atoms with E-state index < -0.39 is 6.04 Å². The van der Waals surface area contributed by atoms with E-state index in [0.29, 0.717) is 17.0 Å². The first-order valence-corrected chi connectivity index (χ1v) is 11.1. The highest BCUT2D eigenvalue weighted by Crippen LogP contribution is 2.31. The van der Waals surface area contributed by atoms with Gasteiger partial charge >= 0.3 is 0 Å². The van der Waals surface area contributed by atoms with Crippen LogP contribution in [0, 0.1) is 6.92 Å². The summed E-state index contributed by atoms with van der Waals surface area (Å²) in [5.74, 6) is -0.132. The second kappa shape index (κ2) is 9.42. The van der Waals surface area contributed by atoms with Gasteiger partial charge in [0.05, 0.1) is 19.6 Å². The molecular formula is C25H29N3O4. The van der Waals surface area contributed by atoms with Crippen molar-refractivity contribution >= 4 is 23.4 Å². The largest absolute Gasteiger partial charge is 0.497 e. The molecule has 2 aromatic carbocycles. The zero-order valence-electron chi connectivity index (χ0n) is 18.5. The van der Waals surface area contributed by atoms with Crippen LogP contribution in [-0.2, 0) is 9.59 Å². The van der Waals surface area contributed by atoms with Crippen LogP contribution in [0.25, 0.3) is 0 Å². The molecule has 2 aromatic rings. The summed E-state index contributed by atoms with van der Waals surface area (Å²) in [7, 11) is 1.57. The van der Waals surface area contributed by atoms with Gasteiger partial charge in [-0.25, -0.2) is 0 Å². The van der Waals surface area contributed by atoms with E-state index >= 15 is 0 Å². The summed E-state index contributed by atoms with van der Waals surface area (Å²) >= 11 is 0. The Morgan fingerprint density at radius 2 is 1.81 bits per heavy atom. The normalized spacial score (nSPS) is 22.5. The fourth-order valence-corrected chi connectivity index (χ4v) is 4.70. The van der Waals surface area contributed by atoms with Crippen molar-refractivity contribution in [3.63, 3.8) is 0 Å². The minimum Gasteiger partial charge on any atom is -0.497 e. The maximum Gasteiger partial charge on any atom is 0.254 e. The Labute approximate surface area is 188 Å². The van der Waals surface area contributed by atoms with Gasteiger partial charge in [-0.2, -0.15) is 0 Å².